The van der Waals surface area contributed by atoms with Gasteiger partial charge in [0, 0.05) is 17.3 Å². The zero-order chi connectivity index (χ0) is 13.0. The molecule has 0 bridgehead atoms. The molecule has 0 amide bonds. The molecule has 1 unspecified atom stereocenters. The van der Waals surface area contributed by atoms with E-state index in [4.69, 9.17) is 17.3 Å². The largest absolute Gasteiger partial charge is 0.377 e. The predicted molar refractivity (Wildman–Crippen MR) is 78.0 cm³/mol. The standard InChI is InChI=1S/C15H17ClN2/c1-11-5-7-12(8-6-11)15(10-17)18-14-4-2-3-13(16)9-14/h2-9,15,18H,10,17H2,1H3. The van der Waals surface area contributed by atoms with E-state index in [0.717, 1.165) is 10.7 Å². The summed E-state index contributed by atoms with van der Waals surface area (Å²) in [4.78, 5) is 0. The topological polar surface area (TPSA) is 38.0 Å². The molecule has 2 aromatic carbocycles. The van der Waals surface area contributed by atoms with Gasteiger partial charge in [0.15, 0.2) is 0 Å². The van der Waals surface area contributed by atoms with Gasteiger partial charge in [-0.2, -0.15) is 0 Å². The molecule has 2 rings (SSSR count). The highest BCUT2D eigenvalue weighted by molar-refractivity contribution is 6.30. The second-order valence-electron chi connectivity index (χ2n) is 4.35. The summed E-state index contributed by atoms with van der Waals surface area (Å²) in [5, 5.41) is 4.12. The lowest BCUT2D eigenvalue weighted by Gasteiger charge is -2.19. The lowest BCUT2D eigenvalue weighted by molar-refractivity contribution is 0.790. The fourth-order valence-corrected chi connectivity index (χ4v) is 2.05. The number of nitrogens with two attached hydrogens (primary N) is 1. The minimum Gasteiger partial charge on any atom is -0.377 e. The zero-order valence-electron chi connectivity index (χ0n) is 10.4. The van der Waals surface area contributed by atoms with Crippen molar-refractivity contribution in [2.75, 3.05) is 11.9 Å². The van der Waals surface area contributed by atoms with Gasteiger partial charge in [-0.3, -0.25) is 0 Å². The first-order valence-electron chi connectivity index (χ1n) is 5.98. The lowest BCUT2D eigenvalue weighted by Crippen LogP contribution is -2.20. The smallest absolute Gasteiger partial charge is 0.0636 e. The Hall–Kier alpha value is -1.51. The van der Waals surface area contributed by atoms with Gasteiger partial charge in [-0.25, -0.2) is 0 Å². The summed E-state index contributed by atoms with van der Waals surface area (Å²) < 4.78 is 0. The highest BCUT2D eigenvalue weighted by Crippen LogP contribution is 2.21. The van der Waals surface area contributed by atoms with E-state index < -0.39 is 0 Å². The molecule has 2 aromatic rings. The molecule has 2 nitrogen and oxygen atoms in total. The summed E-state index contributed by atoms with van der Waals surface area (Å²) in [5.41, 5.74) is 9.25. The molecule has 0 saturated carbocycles. The minimum absolute atomic E-state index is 0.101. The molecule has 0 saturated heterocycles. The van der Waals surface area contributed by atoms with E-state index >= 15 is 0 Å². The zero-order valence-corrected chi connectivity index (χ0v) is 11.1. The normalized spacial score (nSPS) is 12.2. The Morgan fingerprint density at radius 2 is 1.89 bits per heavy atom. The first-order chi connectivity index (χ1) is 8.69. The van der Waals surface area contributed by atoms with Crippen LogP contribution >= 0.6 is 11.6 Å². The molecule has 0 radical (unpaired) electrons. The van der Waals surface area contributed by atoms with E-state index in [-0.39, 0.29) is 6.04 Å². The third kappa shape index (κ3) is 3.25. The molecule has 1 atom stereocenters. The van der Waals surface area contributed by atoms with E-state index in [2.05, 4.69) is 36.5 Å². The maximum Gasteiger partial charge on any atom is 0.0636 e. The van der Waals surface area contributed by atoms with Gasteiger partial charge in [0.1, 0.15) is 0 Å². The van der Waals surface area contributed by atoms with Crippen molar-refractivity contribution < 1.29 is 0 Å². The van der Waals surface area contributed by atoms with Crippen molar-refractivity contribution in [3.8, 4) is 0 Å². The Balaban J connectivity index is 2.17. The van der Waals surface area contributed by atoms with Crippen molar-refractivity contribution in [1.29, 1.82) is 0 Å². The SMILES string of the molecule is Cc1ccc(C(CN)Nc2cccc(Cl)c2)cc1. The second kappa shape index (κ2) is 5.89. The van der Waals surface area contributed by atoms with Crippen LogP contribution in [0.25, 0.3) is 0 Å². The van der Waals surface area contributed by atoms with Gasteiger partial charge in [-0.1, -0.05) is 47.5 Å². The van der Waals surface area contributed by atoms with Gasteiger partial charge >= 0.3 is 0 Å². The van der Waals surface area contributed by atoms with Crippen LogP contribution in [0, 0.1) is 6.92 Å². The molecule has 0 spiro atoms. The van der Waals surface area contributed by atoms with Gasteiger partial charge in [0.2, 0.25) is 0 Å². The third-order valence-electron chi connectivity index (χ3n) is 2.88. The van der Waals surface area contributed by atoms with Crippen LogP contribution in [0.5, 0.6) is 0 Å². The van der Waals surface area contributed by atoms with Crippen LogP contribution in [0.4, 0.5) is 5.69 Å². The molecule has 0 aromatic heterocycles. The molecule has 0 aliphatic heterocycles. The molecule has 3 heteroatoms. The average Bonchev–Trinajstić information content (AvgIpc) is 2.37. The number of hydrogen-bond donors (Lipinski definition) is 2. The fraction of sp³-hybridized carbons (Fsp3) is 0.200. The molecule has 0 aliphatic carbocycles. The van der Waals surface area contributed by atoms with Gasteiger partial charge < -0.3 is 11.1 Å². The summed E-state index contributed by atoms with van der Waals surface area (Å²) >= 11 is 5.97. The average molecular weight is 261 g/mol. The number of anilines is 1. The number of benzene rings is 2. The van der Waals surface area contributed by atoms with Crippen LogP contribution in [0.15, 0.2) is 48.5 Å². The summed E-state index contributed by atoms with van der Waals surface area (Å²) in [6.45, 7) is 2.61. The maximum absolute atomic E-state index is 5.97. The van der Waals surface area contributed by atoms with E-state index in [1.807, 2.05) is 24.3 Å². The number of hydrogen-bond acceptors (Lipinski definition) is 2. The second-order valence-corrected chi connectivity index (χ2v) is 4.79. The molecule has 18 heavy (non-hydrogen) atoms. The van der Waals surface area contributed by atoms with Gasteiger partial charge in [-0.05, 0) is 30.7 Å². The van der Waals surface area contributed by atoms with E-state index in [9.17, 15) is 0 Å². The van der Waals surface area contributed by atoms with Gasteiger partial charge in [-0.15, -0.1) is 0 Å². The van der Waals surface area contributed by atoms with Gasteiger partial charge in [0.25, 0.3) is 0 Å². The number of rotatable bonds is 4. The van der Waals surface area contributed by atoms with Crippen LogP contribution < -0.4 is 11.1 Å². The van der Waals surface area contributed by atoms with Crippen molar-refractivity contribution >= 4 is 17.3 Å². The van der Waals surface area contributed by atoms with E-state index in [1.54, 1.807) is 0 Å². The van der Waals surface area contributed by atoms with Gasteiger partial charge in [0.05, 0.1) is 6.04 Å². The van der Waals surface area contributed by atoms with Crippen molar-refractivity contribution in [2.45, 2.75) is 13.0 Å². The molecule has 0 fully saturated rings. The number of aryl methyl sites for hydroxylation is 1. The Morgan fingerprint density at radius 3 is 2.50 bits per heavy atom. The van der Waals surface area contributed by atoms with Crippen molar-refractivity contribution in [2.24, 2.45) is 5.73 Å². The van der Waals surface area contributed by atoms with Crippen LogP contribution in [-0.4, -0.2) is 6.54 Å². The van der Waals surface area contributed by atoms with E-state index in [0.29, 0.717) is 6.54 Å². The summed E-state index contributed by atoms with van der Waals surface area (Å²) in [5.74, 6) is 0. The van der Waals surface area contributed by atoms with Crippen molar-refractivity contribution in [3.05, 3.63) is 64.7 Å². The lowest BCUT2D eigenvalue weighted by atomic mass is 10.0. The number of halogens is 1. The van der Waals surface area contributed by atoms with Crippen molar-refractivity contribution in [1.82, 2.24) is 0 Å². The third-order valence-corrected chi connectivity index (χ3v) is 3.12. The summed E-state index contributed by atoms with van der Waals surface area (Å²) in [7, 11) is 0. The molecule has 0 aliphatic rings. The monoisotopic (exact) mass is 260 g/mol. The Kier molecular flexibility index (Phi) is 4.24. The summed E-state index contributed by atoms with van der Waals surface area (Å²) in [6.07, 6.45) is 0. The number of nitrogens with one attached hydrogen (secondary N) is 1. The van der Waals surface area contributed by atoms with Crippen LogP contribution in [0.3, 0.4) is 0 Å². The first kappa shape index (κ1) is 12.9. The predicted octanol–water partition coefficient (Wildman–Crippen LogP) is 3.76. The molecule has 0 heterocycles. The quantitative estimate of drug-likeness (QED) is 0.878. The first-order valence-corrected chi connectivity index (χ1v) is 6.35. The van der Waals surface area contributed by atoms with E-state index in [1.165, 1.54) is 11.1 Å². The molecular formula is C15H17ClN2. The Bertz CT molecular complexity index is 508. The fourth-order valence-electron chi connectivity index (χ4n) is 1.86. The highest BCUT2D eigenvalue weighted by Gasteiger charge is 2.09. The Labute approximate surface area is 113 Å². The molecule has 3 N–H and O–H groups in total. The van der Waals surface area contributed by atoms with Crippen LogP contribution in [0.2, 0.25) is 5.02 Å². The minimum atomic E-state index is 0.101. The Morgan fingerprint density at radius 1 is 1.17 bits per heavy atom. The molecule has 94 valence electrons. The summed E-state index contributed by atoms with van der Waals surface area (Å²) in [6, 6.07) is 16.2. The van der Waals surface area contributed by atoms with Crippen LogP contribution in [-0.2, 0) is 0 Å². The highest BCUT2D eigenvalue weighted by atomic mass is 35.5. The van der Waals surface area contributed by atoms with Crippen LogP contribution in [0.1, 0.15) is 17.2 Å². The maximum atomic E-state index is 5.97. The molecular weight excluding hydrogens is 244 g/mol. The van der Waals surface area contributed by atoms with Crippen molar-refractivity contribution in [3.63, 3.8) is 0 Å².